The first-order valence-corrected chi connectivity index (χ1v) is 44.0. The van der Waals surface area contributed by atoms with Crippen molar-refractivity contribution in [3.63, 3.8) is 0 Å². The molecule has 5 aromatic heterocycles. The highest BCUT2D eigenvalue weighted by molar-refractivity contribution is 6.40. The monoisotopic (exact) mass is 1750 g/mol. The van der Waals surface area contributed by atoms with Crippen LogP contribution in [0.2, 0.25) is 0 Å². The third-order valence-electron chi connectivity index (χ3n) is 23.5. The van der Waals surface area contributed by atoms with Gasteiger partial charge in [0.15, 0.2) is 23.3 Å². The van der Waals surface area contributed by atoms with Crippen molar-refractivity contribution in [2.24, 2.45) is 0 Å². The Morgan fingerprint density at radius 1 is 0.316 bits per heavy atom. The zero-order chi connectivity index (χ0) is 91.1. The SMILES string of the molecule is Cc1cccc(N(c2ccccc2)c2ccc3c(c2)C2(c4ccccc4-c4ccccc42)c2cc(N(c4ccccc4)c4cccc(C)c4)ccc2-3)c1.[C-]#[N+]C([N+]#[C-])=c1c(F)c(F)c(=C(C#N)C#N)c(F)c1F.c1ccc(-c2ccnc3c2ccc2c(-c4ccccc4)ccnc23)cc1.c1cnc2c([O][Al]([O]c3cccc4cccnc34)[O]c3cccc4cccnc34)cccc2c1. The molecule has 0 unspecified atom stereocenters. The molecule has 2 aliphatic rings. The van der Waals surface area contributed by atoms with Gasteiger partial charge in [-0.3, -0.25) is 24.9 Å². The van der Waals surface area contributed by atoms with Crippen molar-refractivity contribution in [1.82, 2.24) is 24.9 Å². The molecule has 0 radical (unpaired) electrons. The number of benzene rings is 15. The molecule has 0 saturated heterocycles. The van der Waals surface area contributed by atoms with Crippen LogP contribution in [0.5, 0.6) is 17.2 Å². The smallest absolute Gasteiger partial charge is 0.576 e. The van der Waals surface area contributed by atoms with Crippen LogP contribution in [-0.2, 0) is 5.41 Å². The van der Waals surface area contributed by atoms with Gasteiger partial charge in [0.1, 0.15) is 69.9 Å². The average molecular weight is 1750 g/mol. The van der Waals surface area contributed by atoms with Gasteiger partial charge in [0.05, 0.1) is 21.7 Å². The molecule has 0 bridgehead atoms. The predicted molar refractivity (Wildman–Crippen MR) is 519 cm³/mol. The topological polar surface area (TPSA) is 155 Å². The number of halogens is 4. The summed E-state index contributed by atoms with van der Waals surface area (Å²) in [6.45, 7) is 17.4. The van der Waals surface area contributed by atoms with Crippen molar-refractivity contribution in [1.29, 1.82) is 10.5 Å². The summed E-state index contributed by atoms with van der Waals surface area (Å²) in [7, 11) is 0. The third kappa shape index (κ3) is 16.2. The third-order valence-corrected chi connectivity index (χ3v) is 24.9. The van der Waals surface area contributed by atoms with E-state index in [1.165, 1.54) is 77.9 Å². The maximum absolute atomic E-state index is 13.6. The van der Waals surface area contributed by atoms with Crippen LogP contribution in [0.15, 0.2) is 401 Å². The average Bonchev–Trinajstić information content (AvgIpc) is 1.50. The lowest BCUT2D eigenvalue weighted by Gasteiger charge is -2.33. The van der Waals surface area contributed by atoms with Crippen LogP contribution >= 0.6 is 0 Å². The molecule has 15 aromatic carbocycles. The van der Waals surface area contributed by atoms with Gasteiger partial charge >= 0.3 is 21.0 Å². The van der Waals surface area contributed by atoms with E-state index in [4.69, 9.17) is 35.0 Å². The molecule has 22 rings (SSSR count). The van der Waals surface area contributed by atoms with Gasteiger partial charge in [0.2, 0.25) is 0 Å². The number of para-hydroxylation sites is 5. The maximum atomic E-state index is 13.6. The molecule has 19 heteroatoms. The summed E-state index contributed by atoms with van der Waals surface area (Å²) in [4.78, 5) is 32.6. The van der Waals surface area contributed by atoms with E-state index in [-0.39, 0.29) is 0 Å². The van der Waals surface area contributed by atoms with Gasteiger partial charge in [-0.2, -0.15) is 20.2 Å². The Hall–Kier alpha value is -17.7. The van der Waals surface area contributed by atoms with Gasteiger partial charge < -0.3 is 21.2 Å². The van der Waals surface area contributed by atoms with Crippen molar-refractivity contribution < 1.29 is 28.9 Å². The molecule has 0 atom stereocenters. The van der Waals surface area contributed by atoms with E-state index < -0.39 is 65.7 Å². The van der Waals surface area contributed by atoms with Crippen LogP contribution in [0.4, 0.5) is 51.7 Å². The van der Waals surface area contributed by atoms with E-state index in [0.29, 0.717) is 17.2 Å². The van der Waals surface area contributed by atoms with E-state index >= 15 is 0 Å². The fraction of sp³-hybridized carbons (Fsp3) is 0.0263. The highest BCUT2D eigenvalue weighted by Gasteiger charge is 2.52. The minimum atomic E-state index is -2.86. The number of rotatable bonds is 14. The highest BCUT2D eigenvalue weighted by Crippen LogP contribution is 2.64. The molecule has 133 heavy (non-hydrogen) atoms. The number of hydrogen-bond donors (Lipinski definition) is 0. The van der Waals surface area contributed by atoms with Gasteiger partial charge in [-0.15, -0.1) is 0 Å². The number of hydrogen-bond acceptors (Lipinski definition) is 12. The lowest BCUT2D eigenvalue weighted by molar-refractivity contribution is 0.311. The summed E-state index contributed by atoms with van der Waals surface area (Å²) in [6.07, 6.45) is 8.99. The Balaban J connectivity index is 0.000000123. The number of pyridine rings is 5. The molecular weight excluding hydrogens is 1670 g/mol. The van der Waals surface area contributed by atoms with Crippen LogP contribution in [-0.4, -0.2) is 40.1 Å². The van der Waals surface area contributed by atoms with Crippen LogP contribution in [0.3, 0.4) is 0 Å². The normalized spacial score (nSPS) is 11.4. The Labute approximate surface area is 768 Å². The second kappa shape index (κ2) is 37.3. The minimum Gasteiger partial charge on any atom is -0.576 e. The first-order valence-electron chi connectivity index (χ1n) is 42.6. The Kier molecular flexibility index (Phi) is 23.8. The van der Waals surface area contributed by atoms with Gasteiger partial charge in [0, 0.05) is 92.0 Å². The highest BCUT2D eigenvalue weighted by atomic mass is 27.3. The standard InChI is InChI=1S/C51H38N2.C24H16N2.C12F4N4.3C9H7NO.Al/c1-35-15-13-21-39(31-35)52(37-17-5-3-6-18-37)41-27-29-45-46-30-28-42(53(38-19-7-4-8-20-38)40-22-14-16-36(2)32-40)34-50(46)51(49(45)33-41)47-25-11-9-23-43(47)44-24-10-12-26-48(44)51;1-3-7-17(8-4-1)19-13-15-25-23-21(19)11-12-22-20(14-16-26-24(22)23)18-9-5-2-6-10-18;1-19-12(20-2)7-10(15)8(13)6(5(3-17)4-18)9(14)11(7)16;3*11-8-5-1-3-7-4-2-6-10-9(7)8;/h3-34H,1-2H3;1-16H;;3*1-6,11H;/q;;;;;;+3/p-3. The molecule has 20 aromatic rings. The second-order valence-electron chi connectivity index (χ2n) is 31.4. The summed E-state index contributed by atoms with van der Waals surface area (Å²) >= 11 is -2.86. The zero-order valence-corrected chi connectivity index (χ0v) is 72.5. The van der Waals surface area contributed by atoms with Crippen LogP contribution in [0.1, 0.15) is 33.4 Å². The van der Waals surface area contributed by atoms with E-state index in [9.17, 15) is 17.6 Å². The minimum absolute atomic E-state index is 0.506. The van der Waals surface area contributed by atoms with Crippen molar-refractivity contribution in [3.05, 3.63) is 491 Å². The first kappa shape index (κ1) is 84.8. The maximum Gasteiger partial charge on any atom is 1.20 e. The molecule has 0 N–H and O–H groups in total. The number of nitrogens with zero attached hydrogens (tertiary/aromatic N) is 11. The number of aromatic nitrogens is 5. The Morgan fingerprint density at radius 2 is 0.647 bits per heavy atom. The summed E-state index contributed by atoms with van der Waals surface area (Å²) in [6, 6.07) is 132. The first-order chi connectivity index (χ1) is 65.3. The van der Waals surface area contributed by atoms with Crippen LogP contribution in [0.25, 0.3) is 120 Å². The number of aryl methyl sites for hydroxylation is 2. The largest absolute Gasteiger partial charge is 1.20 e. The summed E-state index contributed by atoms with van der Waals surface area (Å²) < 4.78 is 73.8. The van der Waals surface area contributed by atoms with Crippen molar-refractivity contribution >= 4 is 115 Å². The second-order valence-corrected chi connectivity index (χ2v) is 32.7. The number of nitriles is 2. The quantitative estimate of drug-likeness (QED) is 0.0334. The number of fused-ring (bicyclic) bond motifs is 16. The number of anilines is 6. The summed E-state index contributed by atoms with van der Waals surface area (Å²) in [5.41, 5.74) is 27.0. The summed E-state index contributed by atoms with van der Waals surface area (Å²) in [5.74, 6) is -7.43. The summed E-state index contributed by atoms with van der Waals surface area (Å²) in [5, 5.41) is 19.2. The molecule has 0 fully saturated rings. The molecule has 14 nitrogen and oxygen atoms in total. The molecule has 0 amide bonds. The molecule has 5 heterocycles. The molecule has 2 aliphatic carbocycles. The lowest BCUT2D eigenvalue weighted by Crippen LogP contribution is -2.37. The molecule has 1 spiro atoms. The lowest BCUT2D eigenvalue weighted by atomic mass is 9.70. The van der Waals surface area contributed by atoms with E-state index in [0.717, 1.165) is 101 Å². The molecule has 0 saturated carbocycles. The fourth-order valence-corrected chi connectivity index (χ4v) is 19.1. The predicted octanol–water partition coefficient (Wildman–Crippen LogP) is 26.9. The Bertz CT molecular complexity index is 7630. The van der Waals surface area contributed by atoms with Gasteiger partial charge in [-0.05, 0) is 213 Å². The molecule has 0 aliphatic heterocycles. The van der Waals surface area contributed by atoms with Gasteiger partial charge in [-0.25, -0.2) is 17.6 Å². The van der Waals surface area contributed by atoms with E-state index in [1.807, 2.05) is 116 Å². The Morgan fingerprint density at radius 3 is 1.03 bits per heavy atom. The molecule has 632 valence electrons. The zero-order valence-electron chi connectivity index (χ0n) is 71.3. The molecular formula is C114H72AlF4N11O3. The van der Waals surface area contributed by atoms with Crippen molar-refractivity contribution in [2.75, 3.05) is 9.80 Å². The van der Waals surface area contributed by atoms with E-state index in [1.54, 1.807) is 18.6 Å². The fourth-order valence-electron chi connectivity index (χ4n) is 17.8. The van der Waals surface area contributed by atoms with Crippen LogP contribution < -0.4 is 31.6 Å². The van der Waals surface area contributed by atoms with Crippen molar-refractivity contribution in [2.45, 2.75) is 19.3 Å². The van der Waals surface area contributed by atoms with Gasteiger partial charge in [0.25, 0.3) is 0 Å². The van der Waals surface area contributed by atoms with Gasteiger partial charge in [-0.1, -0.05) is 249 Å². The van der Waals surface area contributed by atoms with E-state index in [2.05, 4.69) is 325 Å². The van der Waals surface area contributed by atoms with Crippen LogP contribution in [0, 0.1) is 72.9 Å². The van der Waals surface area contributed by atoms with Crippen molar-refractivity contribution in [3.8, 4) is 73.9 Å².